The number of aliphatic hydroxyl groups is 1. The van der Waals surface area contributed by atoms with E-state index in [1.54, 1.807) is 31.3 Å². The van der Waals surface area contributed by atoms with Gasteiger partial charge in [0.1, 0.15) is 0 Å². The zero-order valence-electron chi connectivity index (χ0n) is 10.1. The van der Waals surface area contributed by atoms with Crippen LogP contribution in [0.2, 0.25) is 0 Å². The number of rotatable bonds is 6. The Balaban J connectivity index is 2.80. The van der Waals surface area contributed by atoms with E-state index in [-0.39, 0.29) is 13.2 Å². The molecule has 0 unspecified atom stereocenters. The van der Waals surface area contributed by atoms with Crippen LogP contribution in [0.3, 0.4) is 0 Å². The van der Waals surface area contributed by atoms with Crippen LogP contribution >= 0.6 is 0 Å². The van der Waals surface area contributed by atoms with Crippen molar-refractivity contribution in [1.82, 2.24) is 4.90 Å². The van der Waals surface area contributed by atoms with E-state index in [9.17, 15) is 13.6 Å². The molecule has 0 aromatic heterocycles. The molecule has 0 saturated carbocycles. The van der Waals surface area contributed by atoms with Crippen molar-refractivity contribution in [3.05, 3.63) is 29.8 Å². The van der Waals surface area contributed by atoms with E-state index in [4.69, 9.17) is 5.11 Å². The summed E-state index contributed by atoms with van der Waals surface area (Å²) in [4.78, 5) is 12.9. The van der Waals surface area contributed by atoms with Crippen molar-refractivity contribution < 1.29 is 18.7 Å². The van der Waals surface area contributed by atoms with Crippen molar-refractivity contribution in [2.75, 3.05) is 32.1 Å². The number of anilines is 1. The molecular formula is C12H16F2N2O2. The number of hydrogen-bond donors (Lipinski definition) is 2. The van der Waals surface area contributed by atoms with E-state index >= 15 is 0 Å². The van der Waals surface area contributed by atoms with Crippen LogP contribution in [-0.2, 0) is 0 Å². The van der Waals surface area contributed by atoms with Crippen LogP contribution in [0.15, 0.2) is 24.3 Å². The summed E-state index contributed by atoms with van der Waals surface area (Å²) in [5, 5.41) is 11.7. The minimum Gasteiger partial charge on any atom is -0.395 e. The first-order valence-corrected chi connectivity index (χ1v) is 5.54. The van der Waals surface area contributed by atoms with Gasteiger partial charge in [-0.15, -0.1) is 0 Å². The number of halogens is 2. The smallest absolute Gasteiger partial charge is 0.255 e. The molecule has 1 aromatic rings. The molecule has 0 atom stereocenters. The molecule has 100 valence electrons. The Labute approximate surface area is 104 Å². The third kappa shape index (κ3) is 3.96. The number of carbonyl (C=O) groups is 1. The second-order valence-electron chi connectivity index (χ2n) is 3.69. The fourth-order valence-electron chi connectivity index (χ4n) is 1.53. The predicted molar refractivity (Wildman–Crippen MR) is 65.0 cm³/mol. The molecule has 0 fully saturated rings. The second-order valence-corrected chi connectivity index (χ2v) is 3.69. The maximum absolute atomic E-state index is 12.3. The van der Waals surface area contributed by atoms with Crippen molar-refractivity contribution in [2.24, 2.45) is 0 Å². The maximum Gasteiger partial charge on any atom is 0.255 e. The largest absolute Gasteiger partial charge is 0.395 e. The molecule has 0 bridgehead atoms. The molecule has 1 amide bonds. The Morgan fingerprint density at radius 3 is 2.44 bits per heavy atom. The number of nitrogens with one attached hydrogen (secondary N) is 1. The summed E-state index contributed by atoms with van der Waals surface area (Å²) < 4.78 is 24.6. The van der Waals surface area contributed by atoms with E-state index in [0.29, 0.717) is 5.56 Å². The van der Waals surface area contributed by atoms with Gasteiger partial charge in [0.25, 0.3) is 12.3 Å². The van der Waals surface area contributed by atoms with E-state index in [1.807, 2.05) is 0 Å². The molecular weight excluding hydrogens is 242 g/mol. The fraction of sp³-hybridized carbons (Fsp3) is 0.417. The number of hydrogen-bond acceptors (Lipinski definition) is 3. The number of aliphatic hydroxyl groups excluding tert-OH is 1. The van der Waals surface area contributed by atoms with Gasteiger partial charge in [0, 0.05) is 24.8 Å². The van der Waals surface area contributed by atoms with Crippen LogP contribution in [0.5, 0.6) is 0 Å². The highest BCUT2D eigenvalue weighted by atomic mass is 19.3. The van der Waals surface area contributed by atoms with Crippen LogP contribution in [0.25, 0.3) is 0 Å². The summed E-state index contributed by atoms with van der Waals surface area (Å²) in [6, 6.07) is 6.49. The molecule has 6 heteroatoms. The molecule has 1 aromatic carbocycles. The van der Waals surface area contributed by atoms with E-state index in [1.165, 1.54) is 0 Å². The molecule has 0 spiro atoms. The van der Waals surface area contributed by atoms with Crippen molar-refractivity contribution in [1.29, 1.82) is 0 Å². The summed E-state index contributed by atoms with van der Waals surface area (Å²) >= 11 is 0. The summed E-state index contributed by atoms with van der Waals surface area (Å²) in [5.74, 6) is -0.507. The summed E-state index contributed by atoms with van der Waals surface area (Å²) in [6.07, 6.45) is -2.61. The third-order valence-electron chi connectivity index (χ3n) is 2.44. The average Bonchev–Trinajstić information content (AvgIpc) is 2.37. The SMILES string of the molecule is CNc1ccc(C(=O)N(CCO)CC(F)F)cc1. The van der Waals surface area contributed by atoms with Crippen LogP contribution < -0.4 is 5.32 Å². The fourth-order valence-corrected chi connectivity index (χ4v) is 1.53. The lowest BCUT2D eigenvalue weighted by Gasteiger charge is -2.21. The number of carbonyl (C=O) groups excluding carboxylic acids is 1. The van der Waals surface area contributed by atoms with Crippen LogP contribution in [0.4, 0.5) is 14.5 Å². The highest BCUT2D eigenvalue weighted by molar-refractivity contribution is 5.94. The molecule has 0 aliphatic carbocycles. The van der Waals surface area contributed by atoms with Gasteiger partial charge in [-0.2, -0.15) is 0 Å². The quantitative estimate of drug-likeness (QED) is 0.811. The third-order valence-corrected chi connectivity index (χ3v) is 2.44. The molecule has 0 aliphatic rings. The molecule has 0 aliphatic heterocycles. The molecule has 18 heavy (non-hydrogen) atoms. The maximum atomic E-state index is 12.3. The molecule has 0 radical (unpaired) electrons. The Bertz CT molecular complexity index is 382. The highest BCUT2D eigenvalue weighted by Gasteiger charge is 2.19. The summed E-state index contributed by atoms with van der Waals surface area (Å²) in [6.45, 7) is -1.11. The molecule has 0 saturated heterocycles. The van der Waals surface area contributed by atoms with Gasteiger partial charge in [-0.05, 0) is 24.3 Å². The second kappa shape index (κ2) is 6.90. The minimum atomic E-state index is -2.61. The highest BCUT2D eigenvalue weighted by Crippen LogP contribution is 2.11. The summed E-state index contributed by atoms with van der Waals surface area (Å²) in [7, 11) is 1.74. The van der Waals surface area contributed by atoms with Gasteiger partial charge in [0.15, 0.2) is 0 Å². The Kier molecular flexibility index (Phi) is 5.51. The molecule has 4 nitrogen and oxygen atoms in total. The Hall–Kier alpha value is -1.69. The normalized spacial score (nSPS) is 10.5. The standard InChI is InChI=1S/C12H16F2N2O2/c1-15-10-4-2-9(3-5-10)12(18)16(6-7-17)8-11(13)14/h2-5,11,15,17H,6-8H2,1H3. The molecule has 2 N–H and O–H groups in total. The Morgan fingerprint density at radius 1 is 1.39 bits per heavy atom. The van der Waals surface area contributed by atoms with Gasteiger partial charge < -0.3 is 15.3 Å². The van der Waals surface area contributed by atoms with E-state index in [0.717, 1.165) is 10.6 Å². The van der Waals surface area contributed by atoms with E-state index in [2.05, 4.69) is 5.32 Å². The van der Waals surface area contributed by atoms with Gasteiger partial charge in [-0.25, -0.2) is 8.78 Å². The molecule has 0 heterocycles. The zero-order valence-corrected chi connectivity index (χ0v) is 10.1. The first-order chi connectivity index (χ1) is 8.58. The Morgan fingerprint density at radius 2 is 2.00 bits per heavy atom. The first-order valence-electron chi connectivity index (χ1n) is 5.54. The lowest BCUT2D eigenvalue weighted by molar-refractivity contribution is 0.0509. The number of nitrogens with zero attached hydrogens (tertiary/aromatic N) is 1. The number of amides is 1. The van der Waals surface area contributed by atoms with Gasteiger partial charge in [0.2, 0.25) is 0 Å². The number of alkyl halides is 2. The lowest BCUT2D eigenvalue weighted by atomic mass is 10.2. The monoisotopic (exact) mass is 258 g/mol. The van der Waals surface area contributed by atoms with Crippen molar-refractivity contribution in [3.8, 4) is 0 Å². The van der Waals surface area contributed by atoms with Crippen molar-refractivity contribution in [2.45, 2.75) is 6.43 Å². The van der Waals surface area contributed by atoms with Crippen LogP contribution in [0, 0.1) is 0 Å². The topological polar surface area (TPSA) is 52.6 Å². The number of benzene rings is 1. The summed E-state index contributed by atoms with van der Waals surface area (Å²) in [5.41, 5.74) is 1.15. The van der Waals surface area contributed by atoms with Gasteiger partial charge in [0.05, 0.1) is 13.2 Å². The van der Waals surface area contributed by atoms with E-state index < -0.39 is 18.9 Å². The van der Waals surface area contributed by atoms with Gasteiger partial charge in [-0.3, -0.25) is 4.79 Å². The van der Waals surface area contributed by atoms with Gasteiger partial charge >= 0.3 is 0 Å². The lowest BCUT2D eigenvalue weighted by Crippen LogP contribution is -2.37. The van der Waals surface area contributed by atoms with Crippen LogP contribution in [-0.4, -0.2) is 49.1 Å². The average molecular weight is 258 g/mol. The molecule has 1 rings (SSSR count). The first kappa shape index (κ1) is 14.4. The van der Waals surface area contributed by atoms with Crippen molar-refractivity contribution in [3.63, 3.8) is 0 Å². The zero-order chi connectivity index (χ0) is 13.5. The minimum absolute atomic E-state index is 0.100. The predicted octanol–water partition coefficient (Wildman–Crippen LogP) is 1.43. The van der Waals surface area contributed by atoms with Gasteiger partial charge in [-0.1, -0.05) is 0 Å². The van der Waals surface area contributed by atoms with Crippen LogP contribution in [0.1, 0.15) is 10.4 Å². The van der Waals surface area contributed by atoms with Crippen molar-refractivity contribution >= 4 is 11.6 Å².